The second-order valence-corrected chi connectivity index (χ2v) is 10.1. The van der Waals surface area contributed by atoms with Crippen molar-refractivity contribution in [1.82, 2.24) is 34.5 Å². The van der Waals surface area contributed by atoms with E-state index in [2.05, 4.69) is 20.3 Å². The van der Waals surface area contributed by atoms with Crippen LogP contribution in [0.5, 0.6) is 0 Å². The number of alkyl halides is 3. The van der Waals surface area contributed by atoms with Crippen LogP contribution in [0.2, 0.25) is 0 Å². The summed E-state index contributed by atoms with van der Waals surface area (Å²) >= 11 is 0. The van der Waals surface area contributed by atoms with Crippen molar-refractivity contribution < 1.29 is 22.8 Å². The Morgan fingerprint density at radius 1 is 1.14 bits per heavy atom. The lowest BCUT2D eigenvalue weighted by atomic mass is 10.1. The molecular weight excluding hydrogens is 551 g/mol. The first-order valence-corrected chi connectivity index (χ1v) is 13.0. The minimum Gasteiger partial charge on any atom is -0.383 e. The molecule has 1 aliphatic heterocycles. The van der Waals surface area contributed by atoms with E-state index in [-0.39, 0.29) is 29.1 Å². The highest BCUT2D eigenvalue weighted by Gasteiger charge is 2.31. The van der Waals surface area contributed by atoms with Gasteiger partial charge in [-0.3, -0.25) is 9.59 Å². The Hall–Kier alpha value is -4.85. The van der Waals surface area contributed by atoms with Crippen molar-refractivity contribution in [2.75, 3.05) is 44.8 Å². The van der Waals surface area contributed by atoms with Gasteiger partial charge in [0.25, 0.3) is 5.91 Å². The zero-order valence-corrected chi connectivity index (χ0v) is 22.8. The number of nitrogens with two attached hydrogens (primary N) is 1. The summed E-state index contributed by atoms with van der Waals surface area (Å²) < 4.78 is 40.8. The number of carbonyl (C=O) groups is 2. The first kappa shape index (κ1) is 28.7. The van der Waals surface area contributed by atoms with Crippen LogP contribution in [0.4, 0.5) is 24.8 Å². The smallest absolute Gasteiger partial charge is 0.383 e. The van der Waals surface area contributed by atoms with Gasteiger partial charge in [0, 0.05) is 43.0 Å². The molecule has 1 saturated heterocycles. The number of nitrogen functional groups attached to an aromatic ring is 1. The second kappa shape index (κ2) is 11.6. The molecule has 4 aromatic rings. The first-order chi connectivity index (χ1) is 20.0. The van der Waals surface area contributed by atoms with Crippen LogP contribution >= 0.6 is 0 Å². The fraction of sp³-hybridized carbons (Fsp3) is 0.286. The number of likely N-dealkylation sites (N-methyl/N-ethyl adjacent to an activating group) is 1. The molecule has 2 amide bonds. The molecule has 3 aromatic heterocycles. The number of hydrogen-bond acceptors (Lipinski definition) is 8. The quantitative estimate of drug-likeness (QED) is 0.317. The predicted molar refractivity (Wildman–Crippen MR) is 150 cm³/mol. The summed E-state index contributed by atoms with van der Waals surface area (Å²) in [6.07, 6.45) is 1.86. The number of aromatic nitrogens is 5. The molecule has 1 atom stereocenters. The third kappa shape index (κ3) is 6.07. The van der Waals surface area contributed by atoms with E-state index in [1.54, 1.807) is 27.8 Å². The standard InChI is InChI=1S/C28H28F3N9O2/c1-38(2)12-3-4-22(41)39-13-10-20(15-39)40-26-23(25(32)34-16-35-26)24(37-40)17-5-7-18(8-6-17)27(42)36-21-14-19(9-11-33-21)28(29,30)31/h3-9,11,14,16,20H,10,12-13,15H2,1-2H3,(H2,32,34,35)(H,33,36,42). The summed E-state index contributed by atoms with van der Waals surface area (Å²) in [4.78, 5) is 41.5. The van der Waals surface area contributed by atoms with Gasteiger partial charge in [0.05, 0.1) is 17.0 Å². The monoisotopic (exact) mass is 579 g/mol. The van der Waals surface area contributed by atoms with Crippen LogP contribution in [-0.2, 0) is 11.0 Å². The van der Waals surface area contributed by atoms with Gasteiger partial charge in [-0.15, -0.1) is 0 Å². The van der Waals surface area contributed by atoms with Crippen molar-refractivity contribution >= 4 is 34.5 Å². The molecule has 42 heavy (non-hydrogen) atoms. The van der Waals surface area contributed by atoms with Crippen molar-refractivity contribution in [2.24, 2.45) is 0 Å². The van der Waals surface area contributed by atoms with Gasteiger partial charge >= 0.3 is 6.18 Å². The number of nitrogens with zero attached hydrogens (tertiary/aromatic N) is 7. The van der Waals surface area contributed by atoms with Crippen LogP contribution in [-0.4, -0.2) is 80.1 Å². The van der Waals surface area contributed by atoms with Crippen molar-refractivity contribution in [3.63, 3.8) is 0 Å². The number of carbonyl (C=O) groups excluding carboxylic acids is 2. The molecule has 0 radical (unpaired) electrons. The summed E-state index contributed by atoms with van der Waals surface area (Å²) in [5.41, 5.74) is 7.19. The number of nitrogens with one attached hydrogen (secondary N) is 1. The zero-order chi connectivity index (χ0) is 30.0. The SMILES string of the molecule is CN(C)CC=CC(=O)N1CCC(n2nc(-c3ccc(C(=O)Nc4cc(C(F)(F)F)ccn4)cc3)c3c(N)ncnc32)C1. The van der Waals surface area contributed by atoms with Gasteiger partial charge in [0.2, 0.25) is 5.91 Å². The Morgan fingerprint density at radius 3 is 2.62 bits per heavy atom. The number of likely N-dealkylation sites (tertiary alicyclic amines) is 1. The van der Waals surface area contributed by atoms with Crippen molar-refractivity contribution in [1.29, 1.82) is 0 Å². The maximum atomic E-state index is 13.0. The maximum absolute atomic E-state index is 13.0. The Bertz CT molecular complexity index is 1650. The fourth-order valence-corrected chi connectivity index (χ4v) is 4.71. The van der Waals surface area contributed by atoms with Crippen molar-refractivity contribution in [3.8, 4) is 11.3 Å². The fourth-order valence-electron chi connectivity index (χ4n) is 4.71. The van der Waals surface area contributed by atoms with Gasteiger partial charge in [-0.1, -0.05) is 18.2 Å². The van der Waals surface area contributed by atoms with Crippen LogP contribution in [0.3, 0.4) is 0 Å². The summed E-state index contributed by atoms with van der Waals surface area (Å²) in [7, 11) is 3.85. The van der Waals surface area contributed by atoms with Crippen LogP contribution < -0.4 is 11.1 Å². The van der Waals surface area contributed by atoms with E-state index in [9.17, 15) is 22.8 Å². The van der Waals surface area contributed by atoms with Crippen LogP contribution in [0.25, 0.3) is 22.3 Å². The third-order valence-corrected chi connectivity index (χ3v) is 6.82. The zero-order valence-electron chi connectivity index (χ0n) is 22.8. The highest BCUT2D eigenvalue weighted by atomic mass is 19.4. The molecule has 218 valence electrons. The molecule has 1 unspecified atom stereocenters. The number of anilines is 2. The Balaban J connectivity index is 1.37. The van der Waals surface area contributed by atoms with E-state index in [4.69, 9.17) is 10.8 Å². The molecule has 0 aliphatic carbocycles. The number of halogens is 3. The molecule has 4 heterocycles. The molecule has 1 aromatic carbocycles. The van der Waals surface area contributed by atoms with Gasteiger partial charge in [0.1, 0.15) is 23.7 Å². The summed E-state index contributed by atoms with van der Waals surface area (Å²) in [5, 5.41) is 7.74. The minimum atomic E-state index is -4.56. The topological polar surface area (TPSA) is 135 Å². The van der Waals surface area contributed by atoms with Gasteiger partial charge in [-0.25, -0.2) is 19.6 Å². The molecular formula is C28H28F3N9O2. The molecule has 0 saturated carbocycles. The van der Waals surface area contributed by atoms with Gasteiger partial charge in [-0.05, 0) is 44.8 Å². The molecule has 1 aliphatic rings. The maximum Gasteiger partial charge on any atom is 0.416 e. The summed E-state index contributed by atoms with van der Waals surface area (Å²) in [5.74, 6) is -0.677. The highest BCUT2D eigenvalue weighted by Crippen LogP contribution is 2.34. The number of amides is 2. The predicted octanol–water partition coefficient (Wildman–Crippen LogP) is 3.63. The molecule has 3 N–H and O–H groups in total. The average molecular weight is 580 g/mol. The van der Waals surface area contributed by atoms with Crippen molar-refractivity contribution in [3.05, 3.63) is 72.2 Å². The van der Waals surface area contributed by atoms with Crippen LogP contribution in [0, 0.1) is 0 Å². The number of pyridine rings is 1. The lowest BCUT2D eigenvalue weighted by Crippen LogP contribution is -2.28. The van der Waals surface area contributed by atoms with Gasteiger partial charge in [-0.2, -0.15) is 18.3 Å². The van der Waals surface area contributed by atoms with E-state index in [1.165, 1.54) is 18.5 Å². The minimum absolute atomic E-state index is 0.0700. The first-order valence-electron chi connectivity index (χ1n) is 13.0. The van der Waals surface area contributed by atoms with E-state index in [0.29, 0.717) is 48.3 Å². The number of fused-ring (bicyclic) bond motifs is 1. The Labute approximate surface area is 238 Å². The summed E-state index contributed by atoms with van der Waals surface area (Å²) in [6.45, 7) is 1.68. The van der Waals surface area contributed by atoms with E-state index in [1.807, 2.05) is 25.1 Å². The van der Waals surface area contributed by atoms with Crippen LogP contribution in [0.1, 0.15) is 28.4 Å². The molecule has 0 bridgehead atoms. The number of rotatable bonds is 7. The second-order valence-electron chi connectivity index (χ2n) is 10.1. The largest absolute Gasteiger partial charge is 0.416 e. The number of benzene rings is 1. The van der Waals surface area contributed by atoms with Gasteiger partial charge in [0.15, 0.2) is 5.65 Å². The Morgan fingerprint density at radius 2 is 1.90 bits per heavy atom. The molecule has 1 fully saturated rings. The number of hydrogen-bond donors (Lipinski definition) is 2. The molecule has 5 rings (SSSR count). The molecule has 0 spiro atoms. The third-order valence-electron chi connectivity index (χ3n) is 6.82. The van der Waals surface area contributed by atoms with Crippen molar-refractivity contribution in [2.45, 2.75) is 18.6 Å². The summed E-state index contributed by atoms with van der Waals surface area (Å²) in [6, 6.07) is 7.84. The normalized spacial score (nSPS) is 15.7. The van der Waals surface area contributed by atoms with Gasteiger partial charge < -0.3 is 20.9 Å². The van der Waals surface area contributed by atoms with E-state index < -0.39 is 17.6 Å². The van der Waals surface area contributed by atoms with E-state index >= 15 is 0 Å². The molecule has 11 nitrogen and oxygen atoms in total. The average Bonchev–Trinajstić information content (AvgIpc) is 3.59. The lowest BCUT2D eigenvalue weighted by molar-refractivity contribution is -0.137. The Kier molecular flexibility index (Phi) is 7.89. The van der Waals surface area contributed by atoms with Crippen LogP contribution in [0.15, 0.2) is 61.1 Å². The highest BCUT2D eigenvalue weighted by molar-refractivity contribution is 6.04. The molecule has 14 heteroatoms. The van der Waals surface area contributed by atoms with E-state index in [0.717, 1.165) is 18.3 Å². The lowest BCUT2D eigenvalue weighted by Gasteiger charge is -2.15.